The molecule has 5 heteroatoms. The van der Waals surface area contributed by atoms with E-state index in [0.717, 1.165) is 16.9 Å². The van der Waals surface area contributed by atoms with Crippen molar-refractivity contribution in [1.29, 1.82) is 0 Å². The SMILES string of the molecule is CCN(C(=O)c1cnc(C)cc1NN)c1ccccc1C. The van der Waals surface area contributed by atoms with Crippen LogP contribution < -0.4 is 16.2 Å². The smallest absolute Gasteiger partial charge is 0.261 e. The van der Waals surface area contributed by atoms with Crippen molar-refractivity contribution in [2.24, 2.45) is 5.84 Å². The van der Waals surface area contributed by atoms with E-state index < -0.39 is 0 Å². The highest BCUT2D eigenvalue weighted by Crippen LogP contribution is 2.24. The maximum absolute atomic E-state index is 12.8. The standard InChI is InChI=1S/C16H20N4O/c1-4-20(15-8-6-5-7-11(15)2)16(21)13-10-18-12(3)9-14(13)19-17/h5-10H,4,17H2,1-3H3,(H,18,19). The molecule has 0 aliphatic rings. The second kappa shape index (κ2) is 6.37. The van der Waals surface area contributed by atoms with Gasteiger partial charge in [-0.15, -0.1) is 0 Å². The van der Waals surface area contributed by atoms with Crippen molar-refractivity contribution in [2.45, 2.75) is 20.8 Å². The van der Waals surface area contributed by atoms with Crippen LogP contribution in [-0.4, -0.2) is 17.4 Å². The molecule has 1 amide bonds. The van der Waals surface area contributed by atoms with Gasteiger partial charge < -0.3 is 10.3 Å². The number of nitrogens with two attached hydrogens (primary N) is 1. The molecule has 0 atom stereocenters. The summed E-state index contributed by atoms with van der Waals surface area (Å²) in [5.41, 5.74) is 6.38. The van der Waals surface area contributed by atoms with Crippen LogP contribution in [0.1, 0.15) is 28.5 Å². The van der Waals surface area contributed by atoms with Gasteiger partial charge in [0.05, 0.1) is 11.3 Å². The molecule has 0 aliphatic carbocycles. The lowest BCUT2D eigenvalue weighted by Crippen LogP contribution is -2.32. The number of rotatable bonds is 4. The fourth-order valence-electron chi connectivity index (χ4n) is 2.28. The van der Waals surface area contributed by atoms with Crippen molar-refractivity contribution >= 4 is 17.3 Å². The largest absolute Gasteiger partial charge is 0.323 e. The van der Waals surface area contributed by atoms with Gasteiger partial charge in [-0.2, -0.15) is 0 Å². The molecule has 0 radical (unpaired) electrons. The third kappa shape index (κ3) is 3.03. The molecule has 0 bridgehead atoms. The summed E-state index contributed by atoms with van der Waals surface area (Å²) >= 11 is 0. The molecule has 0 unspecified atom stereocenters. The number of aromatic nitrogens is 1. The number of nitrogens with one attached hydrogen (secondary N) is 1. The van der Waals surface area contributed by atoms with Gasteiger partial charge in [-0.3, -0.25) is 15.6 Å². The summed E-state index contributed by atoms with van der Waals surface area (Å²) in [6, 6.07) is 9.57. The number of hydrogen-bond acceptors (Lipinski definition) is 4. The summed E-state index contributed by atoms with van der Waals surface area (Å²) in [4.78, 5) is 18.7. The third-order valence-electron chi connectivity index (χ3n) is 3.39. The van der Waals surface area contributed by atoms with Gasteiger partial charge in [-0.25, -0.2) is 0 Å². The number of hydrogen-bond donors (Lipinski definition) is 2. The minimum Gasteiger partial charge on any atom is -0.323 e. The van der Waals surface area contributed by atoms with E-state index in [1.807, 2.05) is 45.0 Å². The van der Waals surface area contributed by atoms with Crippen LogP contribution in [-0.2, 0) is 0 Å². The van der Waals surface area contributed by atoms with Crippen LogP contribution in [0.4, 0.5) is 11.4 Å². The molecule has 110 valence electrons. The zero-order valence-electron chi connectivity index (χ0n) is 12.6. The lowest BCUT2D eigenvalue weighted by Gasteiger charge is -2.24. The Hall–Kier alpha value is -2.40. The Bertz CT molecular complexity index is 654. The van der Waals surface area contributed by atoms with E-state index in [1.54, 1.807) is 17.2 Å². The predicted octanol–water partition coefficient (Wildman–Crippen LogP) is 2.65. The first-order chi connectivity index (χ1) is 10.1. The van der Waals surface area contributed by atoms with Gasteiger partial charge in [0, 0.05) is 24.1 Å². The Labute approximate surface area is 124 Å². The molecule has 0 spiro atoms. The molecule has 21 heavy (non-hydrogen) atoms. The number of pyridine rings is 1. The van der Waals surface area contributed by atoms with Gasteiger partial charge in [-0.05, 0) is 38.5 Å². The number of carbonyl (C=O) groups excluding carboxylic acids is 1. The molecule has 0 aliphatic heterocycles. The number of carbonyl (C=O) groups is 1. The van der Waals surface area contributed by atoms with Crippen LogP contribution in [0.5, 0.6) is 0 Å². The molecule has 2 rings (SSSR count). The molecular weight excluding hydrogens is 264 g/mol. The van der Waals surface area contributed by atoms with Crippen LogP contribution >= 0.6 is 0 Å². The second-order valence-corrected chi connectivity index (χ2v) is 4.85. The summed E-state index contributed by atoms with van der Waals surface area (Å²) in [6.07, 6.45) is 1.56. The molecular formula is C16H20N4O. The highest BCUT2D eigenvalue weighted by atomic mass is 16.2. The summed E-state index contributed by atoms with van der Waals surface area (Å²) < 4.78 is 0. The number of amides is 1. The predicted molar refractivity (Wildman–Crippen MR) is 85.3 cm³/mol. The molecule has 0 saturated heterocycles. The first-order valence-corrected chi connectivity index (χ1v) is 6.89. The van der Waals surface area contributed by atoms with E-state index in [0.29, 0.717) is 17.8 Å². The van der Waals surface area contributed by atoms with Crippen LogP contribution in [0.15, 0.2) is 36.5 Å². The number of benzene rings is 1. The van der Waals surface area contributed by atoms with Crippen LogP contribution in [0.3, 0.4) is 0 Å². The second-order valence-electron chi connectivity index (χ2n) is 4.85. The molecule has 3 N–H and O–H groups in total. The maximum atomic E-state index is 12.8. The number of nitrogen functional groups attached to an aromatic ring is 1. The Morgan fingerprint density at radius 1 is 1.33 bits per heavy atom. The molecule has 1 aromatic carbocycles. The Morgan fingerprint density at radius 2 is 2.05 bits per heavy atom. The molecule has 2 aromatic rings. The summed E-state index contributed by atoms with van der Waals surface area (Å²) in [7, 11) is 0. The van der Waals surface area contributed by atoms with E-state index in [1.165, 1.54) is 0 Å². The van der Waals surface area contributed by atoms with E-state index in [4.69, 9.17) is 5.84 Å². The van der Waals surface area contributed by atoms with E-state index in [2.05, 4.69) is 10.4 Å². The van der Waals surface area contributed by atoms with Gasteiger partial charge in [0.15, 0.2) is 0 Å². The van der Waals surface area contributed by atoms with Gasteiger partial charge in [0.25, 0.3) is 5.91 Å². The topological polar surface area (TPSA) is 71.2 Å². The van der Waals surface area contributed by atoms with Gasteiger partial charge in [0.2, 0.25) is 0 Å². The Kier molecular flexibility index (Phi) is 4.55. The normalized spacial score (nSPS) is 10.3. The molecule has 1 aromatic heterocycles. The zero-order valence-corrected chi connectivity index (χ0v) is 12.6. The van der Waals surface area contributed by atoms with Gasteiger partial charge in [0.1, 0.15) is 0 Å². The van der Waals surface area contributed by atoms with Gasteiger partial charge in [-0.1, -0.05) is 18.2 Å². The highest BCUT2D eigenvalue weighted by Gasteiger charge is 2.20. The van der Waals surface area contributed by atoms with Crippen molar-refractivity contribution in [3.63, 3.8) is 0 Å². The number of para-hydroxylation sites is 1. The average molecular weight is 284 g/mol. The zero-order chi connectivity index (χ0) is 15.4. The van der Waals surface area contributed by atoms with E-state index in [-0.39, 0.29) is 5.91 Å². The fourth-order valence-corrected chi connectivity index (χ4v) is 2.28. The molecule has 1 heterocycles. The average Bonchev–Trinajstić information content (AvgIpc) is 2.49. The molecule has 0 saturated carbocycles. The van der Waals surface area contributed by atoms with Crippen LogP contribution in [0.25, 0.3) is 0 Å². The van der Waals surface area contributed by atoms with Crippen molar-refractivity contribution < 1.29 is 4.79 Å². The number of nitrogens with zero attached hydrogens (tertiary/aromatic N) is 2. The first kappa shape index (κ1) is 15.0. The Balaban J connectivity index is 2.44. The summed E-state index contributed by atoms with van der Waals surface area (Å²) in [6.45, 7) is 6.36. The van der Waals surface area contributed by atoms with Crippen molar-refractivity contribution in [3.05, 3.63) is 53.3 Å². The van der Waals surface area contributed by atoms with Crippen molar-refractivity contribution in [2.75, 3.05) is 16.9 Å². The molecule has 5 nitrogen and oxygen atoms in total. The van der Waals surface area contributed by atoms with E-state index >= 15 is 0 Å². The van der Waals surface area contributed by atoms with Gasteiger partial charge >= 0.3 is 0 Å². The first-order valence-electron chi connectivity index (χ1n) is 6.89. The van der Waals surface area contributed by atoms with E-state index in [9.17, 15) is 4.79 Å². The van der Waals surface area contributed by atoms with Crippen LogP contribution in [0.2, 0.25) is 0 Å². The number of anilines is 2. The van der Waals surface area contributed by atoms with Crippen LogP contribution in [0, 0.1) is 13.8 Å². The van der Waals surface area contributed by atoms with Crippen molar-refractivity contribution in [3.8, 4) is 0 Å². The quantitative estimate of drug-likeness (QED) is 0.669. The fraction of sp³-hybridized carbons (Fsp3) is 0.250. The van der Waals surface area contributed by atoms with Crippen molar-refractivity contribution in [1.82, 2.24) is 4.98 Å². The summed E-state index contributed by atoms with van der Waals surface area (Å²) in [5, 5.41) is 0. The maximum Gasteiger partial charge on any atom is 0.261 e. The number of hydrazine groups is 1. The lowest BCUT2D eigenvalue weighted by atomic mass is 10.1. The minimum absolute atomic E-state index is 0.118. The number of aryl methyl sites for hydroxylation is 2. The minimum atomic E-state index is -0.118. The highest BCUT2D eigenvalue weighted by molar-refractivity contribution is 6.09. The monoisotopic (exact) mass is 284 g/mol. The Morgan fingerprint density at radius 3 is 2.67 bits per heavy atom. The molecule has 0 fully saturated rings. The third-order valence-corrected chi connectivity index (χ3v) is 3.39. The lowest BCUT2D eigenvalue weighted by molar-refractivity contribution is 0.0988. The summed E-state index contributed by atoms with van der Waals surface area (Å²) in [5.74, 6) is 5.40.